The first-order chi connectivity index (χ1) is 6.83. The van der Waals surface area contributed by atoms with Crippen molar-refractivity contribution in [2.45, 2.75) is 12.8 Å². The Kier molecular flexibility index (Phi) is 2.55. The molecule has 0 atom stereocenters. The Labute approximate surface area is 87.5 Å². The lowest BCUT2D eigenvalue weighted by Gasteiger charge is -1.95. The summed E-state index contributed by atoms with van der Waals surface area (Å²) in [5, 5.41) is 3.90. The number of hydrogen-bond donors (Lipinski definition) is 0. The maximum Gasteiger partial charge on any atom is 0.170 e. The zero-order valence-electron chi connectivity index (χ0n) is 7.83. The van der Waals surface area contributed by atoms with Crippen LogP contribution in [0.25, 0.3) is 11.3 Å². The van der Waals surface area contributed by atoms with Gasteiger partial charge in [0.25, 0.3) is 0 Å². The molecule has 0 aliphatic heterocycles. The summed E-state index contributed by atoms with van der Waals surface area (Å²) < 4.78 is 5.24. The molecule has 72 valence electrons. The quantitative estimate of drug-likeness (QED) is 0.706. The van der Waals surface area contributed by atoms with E-state index in [1.54, 1.807) is 0 Å². The molecule has 0 radical (unpaired) electrons. The van der Waals surface area contributed by atoms with E-state index in [-0.39, 0.29) is 0 Å². The first-order valence-corrected chi connectivity index (χ1v) is 4.93. The Morgan fingerprint density at radius 1 is 1.29 bits per heavy atom. The zero-order valence-corrected chi connectivity index (χ0v) is 8.58. The maximum atomic E-state index is 5.71. The van der Waals surface area contributed by atoms with Crippen molar-refractivity contribution >= 4 is 11.6 Å². The highest BCUT2D eigenvalue weighted by molar-refractivity contribution is 6.17. The molecule has 1 heterocycles. The van der Waals surface area contributed by atoms with Gasteiger partial charge >= 0.3 is 0 Å². The molecule has 2 aromatic rings. The van der Waals surface area contributed by atoms with Gasteiger partial charge in [0.1, 0.15) is 5.69 Å². The van der Waals surface area contributed by atoms with Crippen LogP contribution in [0.15, 0.2) is 34.9 Å². The Bertz CT molecular complexity index is 422. The fraction of sp³-hybridized carbons (Fsp3) is 0.182. The molecule has 14 heavy (non-hydrogen) atoms. The number of aromatic nitrogens is 1. The summed E-state index contributed by atoms with van der Waals surface area (Å²) >= 11 is 5.71. The number of halogens is 1. The van der Waals surface area contributed by atoms with Crippen LogP contribution in [0.2, 0.25) is 0 Å². The molecule has 0 N–H and O–H groups in total. The van der Waals surface area contributed by atoms with Crippen molar-refractivity contribution in [3.05, 3.63) is 41.6 Å². The Morgan fingerprint density at radius 2 is 2.00 bits per heavy atom. The van der Waals surface area contributed by atoms with Crippen molar-refractivity contribution in [1.29, 1.82) is 0 Å². The predicted molar refractivity (Wildman–Crippen MR) is 56.2 cm³/mol. The summed E-state index contributed by atoms with van der Waals surface area (Å²) in [6.07, 6.45) is 0. The molecule has 0 amide bonds. The second-order valence-electron chi connectivity index (χ2n) is 3.08. The second-order valence-corrected chi connectivity index (χ2v) is 3.35. The zero-order chi connectivity index (χ0) is 9.97. The first-order valence-electron chi connectivity index (χ1n) is 4.39. The summed E-state index contributed by atoms with van der Waals surface area (Å²) in [7, 11) is 0. The van der Waals surface area contributed by atoms with Crippen LogP contribution in [0.4, 0.5) is 0 Å². The molecule has 0 spiro atoms. The summed E-state index contributed by atoms with van der Waals surface area (Å²) in [6.45, 7) is 1.97. The van der Waals surface area contributed by atoms with Gasteiger partial charge in [-0.05, 0) is 6.92 Å². The molecule has 1 aromatic carbocycles. The van der Waals surface area contributed by atoms with Gasteiger partial charge in [-0.1, -0.05) is 35.5 Å². The van der Waals surface area contributed by atoms with E-state index in [0.29, 0.717) is 5.88 Å². The second kappa shape index (κ2) is 3.84. The average Bonchev–Trinajstić information content (AvgIpc) is 2.61. The van der Waals surface area contributed by atoms with Gasteiger partial charge < -0.3 is 4.52 Å². The van der Waals surface area contributed by atoms with Crippen LogP contribution < -0.4 is 0 Å². The monoisotopic (exact) mass is 207 g/mol. The molecule has 0 aliphatic rings. The van der Waals surface area contributed by atoms with Gasteiger partial charge in [0, 0.05) is 11.1 Å². The van der Waals surface area contributed by atoms with E-state index >= 15 is 0 Å². The van der Waals surface area contributed by atoms with Gasteiger partial charge in [-0.15, -0.1) is 11.6 Å². The Balaban J connectivity index is 2.48. The summed E-state index contributed by atoms with van der Waals surface area (Å²) in [5.41, 5.74) is 2.87. The summed E-state index contributed by atoms with van der Waals surface area (Å²) in [4.78, 5) is 0. The molecular formula is C11H10ClNO. The highest BCUT2D eigenvalue weighted by Gasteiger charge is 2.11. The highest BCUT2D eigenvalue weighted by atomic mass is 35.5. The van der Waals surface area contributed by atoms with Crippen molar-refractivity contribution in [3.8, 4) is 11.3 Å². The number of benzene rings is 1. The molecule has 0 aliphatic carbocycles. The van der Waals surface area contributed by atoms with Gasteiger partial charge in [0.2, 0.25) is 0 Å². The predicted octanol–water partition coefficient (Wildman–Crippen LogP) is 3.39. The largest absolute Gasteiger partial charge is 0.356 e. The fourth-order valence-corrected chi connectivity index (χ4v) is 1.60. The van der Waals surface area contributed by atoms with Gasteiger partial charge in [-0.2, -0.15) is 0 Å². The van der Waals surface area contributed by atoms with Gasteiger partial charge in [-0.3, -0.25) is 0 Å². The SMILES string of the molecule is Cc1c(CCl)noc1-c1ccccc1. The van der Waals surface area contributed by atoms with E-state index in [4.69, 9.17) is 16.1 Å². The number of rotatable bonds is 2. The van der Waals surface area contributed by atoms with Crippen LogP contribution in [-0.2, 0) is 5.88 Å². The molecule has 2 nitrogen and oxygen atoms in total. The van der Waals surface area contributed by atoms with E-state index in [1.165, 1.54) is 0 Å². The molecule has 0 bridgehead atoms. The summed E-state index contributed by atoms with van der Waals surface area (Å²) in [6, 6.07) is 9.89. The Hall–Kier alpha value is -1.28. The average molecular weight is 208 g/mol. The van der Waals surface area contributed by atoms with Crippen LogP contribution in [0.5, 0.6) is 0 Å². The highest BCUT2D eigenvalue weighted by Crippen LogP contribution is 2.25. The van der Waals surface area contributed by atoms with E-state index in [1.807, 2.05) is 37.3 Å². The maximum absolute atomic E-state index is 5.71. The molecule has 0 saturated carbocycles. The lowest BCUT2D eigenvalue weighted by molar-refractivity contribution is 0.426. The van der Waals surface area contributed by atoms with E-state index in [0.717, 1.165) is 22.6 Å². The molecule has 0 saturated heterocycles. The van der Waals surface area contributed by atoms with Crippen LogP contribution in [0.1, 0.15) is 11.3 Å². The van der Waals surface area contributed by atoms with Crippen molar-refractivity contribution < 1.29 is 4.52 Å². The smallest absolute Gasteiger partial charge is 0.170 e. The van der Waals surface area contributed by atoms with Crippen LogP contribution in [0.3, 0.4) is 0 Å². The van der Waals surface area contributed by atoms with E-state index in [2.05, 4.69) is 5.16 Å². The molecule has 2 rings (SSSR count). The van der Waals surface area contributed by atoms with Gasteiger partial charge in [0.15, 0.2) is 5.76 Å². The summed E-state index contributed by atoms with van der Waals surface area (Å²) in [5.74, 6) is 1.20. The van der Waals surface area contributed by atoms with Crippen molar-refractivity contribution in [3.63, 3.8) is 0 Å². The minimum atomic E-state index is 0.391. The first kappa shape index (κ1) is 9.28. The normalized spacial score (nSPS) is 10.4. The third kappa shape index (κ3) is 1.53. The topological polar surface area (TPSA) is 26.0 Å². The van der Waals surface area contributed by atoms with Crippen LogP contribution in [-0.4, -0.2) is 5.16 Å². The van der Waals surface area contributed by atoms with Crippen LogP contribution >= 0.6 is 11.6 Å². The van der Waals surface area contributed by atoms with Gasteiger partial charge in [0.05, 0.1) is 5.88 Å². The molecular weight excluding hydrogens is 198 g/mol. The van der Waals surface area contributed by atoms with E-state index in [9.17, 15) is 0 Å². The lowest BCUT2D eigenvalue weighted by atomic mass is 10.1. The van der Waals surface area contributed by atoms with Crippen molar-refractivity contribution in [1.82, 2.24) is 5.16 Å². The van der Waals surface area contributed by atoms with Crippen molar-refractivity contribution in [2.24, 2.45) is 0 Å². The lowest BCUT2D eigenvalue weighted by Crippen LogP contribution is -1.81. The standard InChI is InChI=1S/C11H10ClNO/c1-8-10(7-12)13-14-11(8)9-5-3-2-4-6-9/h2-6H,7H2,1H3. The van der Waals surface area contributed by atoms with Gasteiger partial charge in [-0.25, -0.2) is 0 Å². The number of nitrogens with zero attached hydrogens (tertiary/aromatic N) is 1. The van der Waals surface area contributed by atoms with Crippen LogP contribution in [0, 0.1) is 6.92 Å². The fourth-order valence-electron chi connectivity index (χ4n) is 1.35. The third-order valence-electron chi connectivity index (χ3n) is 2.18. The molecule has 3 heteroatoms. The number of hydrogen-bond acceptors (Lipinski definition) is 2. The van der Waals surface area contributed by atoms with Crippen molar-refractivity contribution in [2.75, 3.05) is 0 Å². The minimum Gasteiger partial charge on any atom is -0.356 e. The third-order valence-corrected chi connectivity index (χ3v) is 2.44. The molecule has 0 fully saturated rings. The van der Waals surface area contributed by atoms with E-state index < -0.39 is 0 Å². The molecule has 0 unspecified atom stereocenters. The minimum absolute atomic E-state index is 0.391. The Morgan fingerprint density at radius 3 is 2.57 bits per heavy atom. The number of alkyl halides is 1. The molecule has 1 aromatic heterocycles.